The Labute approximate surface area is 421 Å². The third kappa shape index (κ3) is 6.58. The Bertz CT molecular complexity index is 4320. The molecule has 340 valence electrons. The third-order valence-electron chi connectivity index (χ3n) is 15.1. The first-order valence-electron chi connectivity index (χ1n) is 25.0. The van der Waals surface area contributed by atoms with Gasteiger partial charge in [-0.1, -0.05) is 164 Å². The Balaban J connectivity index is 0.838. The molecular formula is C69H44N4. The van der Waals surface area contributed by atoms with Crippen molar-refractivity contribution >= 4 is 76.2 Å². The van der Waals surface area contributed by atoms with Gasteiger partial charge in [0.05, 0.1) is 38.8 Å². The average Bonchev–Trinajstić information content (AvgIpc) is 4.11. The lowest BCUT2D eigenvalue weighted by molar-refractivity contribution is 1.18. The predicted molar refractivity (Wildman–Crippen MR) is 307 cm³/mol. The maximum absolute atomic E-state index is 4.83. The SMILES string of the molecule is c1cc(-c2ccc(-n3c4ccc(-c5ccc(-n6c7ccccc7c7ccccc76)cc5)cc4c4cc(-c5ccc(-n6c7ccccc7c7ccccc76)cc5)ccc43)cc2)cc(-c2nccc3ccccc23)c1. The number of pyridine rings is 1. The summed E-state index contributed by atoms with van der Waals surface area (Å²) in [5.41, 5.74) is 19.7. The summed E-state index contributed by atoms with van der Waals surface area (Å²) >= 11 is 0. The van der Waals surface area contributed by atoms with Crippen LogP contribution in [0.2, 0.25) is 0 Å². The van der Waals surface area contributed by atoms with Gasteiger partial charge in [0.1, 0.15) is 0 Å². The molecule has 15 aromatic rings. The van der Waals surface area contributed by atoms with E-state index in [0.717, 1.165) is 55.9 Å². The molecule has 0 aliphatic rings. The molecule has 0 saturated heterocycles. The first-order valence-corrected chi connectivity index (χ1v) is 25.0. The zero-order valence-corrected chi connectivity index (χ0v) is 39.7. The Hall–Kier alpha value is -9.77. The van der Waals surface area contributed by atoms with Gasteiger partial charge in [-0.25, -0.2) is 0 Å². The van der Waals surface area contributed by atoms with Crippen LogP contribution >= 0.6 is 0 Å². The number of para-hydroxylation sites is 4. The number of hydrogen-bond donors (Lipinski definition) is 0. The molecule has 0 aliphatic carbocycles. The van der Waals surface area contributed by atoms with Crippen molar-refractivity contribution in [2.24, 2.45) is 0 Å². The van der Waals surface area contributed by atoms with E-state index in [1.54, 1.807) is 0 Å². The highest BCUT2D eigenvalue weighted by Crippen LogP contribution is 2.40. The molecule has 0 spiro atoms. The molecule has 4 aromatic heterocycles. The molecule has 0 bridgehead atoms. The van der Waals surface area contributed by atoms with Crippen molar-refractivity contribution in [1.82, 2.24) is 18.7 Å². The summed E-state index contributed by atoms with van der Waals surface area (Å²) in [6, 6.07) is 95.2. The molecule has 0 N–H and O–H groups in total. The Morgan fingerprint density at radius 2 is 0.562 bits per heavy atom. The van der Waals surface area contributed by atoms with E-state index in [4.69, 9.17) is 4.98 Å². The van der Waals surface area contributed by atoms with Crippen molar-refractivity contribution in [3.63, 3.8) is 0 Å². The summed E-state index contributed by atoms with van der Waals surface area (Å²) < 4.78 is 7.19. The largest absolute Gasteiger partial charge is 0.309 e. The minimum absolute atomic E-state index is 0.999. The van der Waals surface area contributed by atoms with E-state index in [1.807, 2.05) is 6.20 Å². The van der Waals surface area contributed by atoms with Gasteiger partial charge in [0, 0.05) is 66.5 Å². The lowest BCUT2D eigenvalue weighted by Gasteiger charge is -2.12. The molecule has 15 rings (SSSR count). The second-order valence-corrected chi connectivity index (χ2v) is 19.1. The van der Waals surface area contributed by atoms with E-state index in [9.17, 15) is 0 Å². The van der Waals surface area contributed by atoms with Crippen molar-refractivity contribution in [3.8, 4) is 61.7 Å². The van der Waals surface area contributed by atoms with Crippen molar-refractivity contribution in [3.05, 3.63) is 267 Å². The third-order valence-corrected chi connectivity index (χ3v) is 15.1. The predicted octanol–water partition coefficient (Wildman–Crippen LogP) is 18.2. The lowest BCUT2D eigenvalue weighted by atomic mass is 9.99. The Kier molecular flexibility index (Phi) is 9.23. The van der Waals surface area contributed by atoms with Crippen LogP contribution in [0.1, 0.15) is 0 Å². The summed E-state index contributed by atoms with van der Waals surface area (Å²) in [5, 5.41) is 9.82. The minimum atomic E-state index is 0.999. The second-order valence-electron chi connectivity index (χ2n) is 19.1. The zero-order chi connectivity index (χ0) is 48.0. The van der Waals surface area contributed by atoms with Gasteiger partial charge in [-0.3, -0.25) is 4.98 Å². The van der Waals surface area contributed by atoms with Gasteiger partial charge < -0.3 is 13.7 Å². The number of nitrogens with zero attached hydrogens (tertiary/aromatic N) is 4. The normalized spacial score (nSPS) is 11.8. The fraction of sp³-hybridized carbons (Fsp3) is 0. The van der Waals surface area contributed by atoms with Gasteiger partial charge in [-0.2, -0.15) is 0 Å². The number of rotatable bonds is 7. The molecule has 4 heterocycles. The van der Waals surface area contributed by atoms with Crippen molar-refractivity contribution in [2.45, 2.75) is 0 Å². The molecule has 0 radical (unpaired) electrons. The second kappa shape index (κ2) is 16.4. The molecule has 11 aromatic carbocycles. The van der Waals surface area contributed by atoms with E-state index in [2.05, 4.69) is 275 Å². The van der Waals surface area contributed by atoms with Crippen LogP contribution in [0, 0.1) is 0 Å². The van der Waals surface area contributed by atoms with Gasteiger partial charge in [0.25, 0.3) is 0 Å². The quantitative estimate of drug-likeness (QED) is 0.156. The fourth-order valence-electron chi connectivity index (χ4n) is 11.7. The zero-order valence-electron chi connectivity index (χ0n) is 39.7. The first kappa shape index (κ1) is 41.1. The van der Waals surface area contributed by atoms with Gasteiger partial charge >= 0.3 is 0 Å². The molecule has 0 saturated carbocycles. The molecule has 0 aliphatic heterocycles. The van der Waals surface area contributed by atoms with Crippen LogP contribution in [0.5, 0.6) is 0 Å². The van der Waals surface area contributed by atoms with Crippen LogP contribution in [0.25, 0.3) is 138 Å². The topological polar surface area (TPSA) is 27.7 Å². The van der Waals surface area contributed by atoms with Crippen molar-refractivity contribution < 1.29 is 0 Å². The van der Waals surface area contributed by atoms with E-state index in [1.165, 1.54) is 82.0 Å². The highest BCUT2D eigenvalue weighted by Gasteiger charge is 2.18. The van der Waals surface area contributed by atoms with Crippen LogP contribution in [0.15, 0.2) is 267 Å². The molecule has 73 heavy (non-hydrogen) atoms. The summed E-state index contributed by atoms with van der Waals surface area (Å²) in [7, 11) is 0. The molecule has 0 unspecified atom stereocenters. The van der Waals surface area contributed by atoms with Crippen LogP contribution in [-0.2, 0) is 0 Å². The highest BCUT2D eigenvalue weighted by molar-refractivity contribution is 6.13. The van der Waals surface area contributed by atoms with Gasteiger partial charge in [0.15, 0.2) is 0 Å². The number of hydrogen-bond acceptors (Lipinski definition) is 1. The van der Waals surface area contributed by atoms with E-state index in [-0.39, 0.29) is 0 Å². The Morgan fingerprint density at radius 1 is 0.219 bits per heavy atom. The van der Waals surface area contributed by atoms with Crippen LogP contribution in [0.4, 0.5) is 0 Å². The van der Waals surface area contributed by atoms with Gasteiger partial charge in [-0.05, 0) is 136 Å². The molecule has 0 amide bonds. The molecular weight excluding hydrogens is 885 g/mol. The molecule has 0 atom stereocenters. The van der Waals surface area contributed by atoms with Crippen LogP contribution in [-0.4, -0.2) is 18.7 Å². The maximum atomic E-state index is 4.83. The maximum Gasteiger partial charge on any atom is 0.0780 e. The standard InChI is InChI=1S/C69H44N4/c1-2-15-56-48(12-1)40-41-70-69(56)52-14-11-13-49(42-52)45-24-32-55(33-25-45)73-67-38-30-50(46-26-34-53(35-27-46)71-63-20-7-3-16-57(63)58-17-4-8-21-64(58)71)43-61(67)62-44-51(31-39-68(62)73)47-28-36-54(37-29-47)72-65-22-9-5-18-59(65)60-19-6-10-23-66(60)72/h1-44H. The van der Waals surface area contributed by atoms with Crippen molar-refractivity contribution in [2.75, 3.05) is 0 Å². The van der Waals surface area contributed by atoms with Crippen LogP contribution < -0.4 is 0 Å². The van der Waals surface area contributed by atoms with E-state index in [0.29, 0.717) is 0 Å². The summed E-state index contributed by atoms with van der Waals surface area (Å²) in [5.74, 6) is 0. The number of aromatic nitrogens is 4. The monoisotopic (exact) mass is 928 g/mol. The molecule has 0 fully saturated rings. The minimum Gasteiger partial charge on any atom is -0.309 e. The van der Waals surface area contributed by atoms with E-state index < -0.39 is 0 Å². The summed E-state index contributed by atoms with van der Waals surface area (Å²) in [6.45, 7) is 0. The Morgan fingerprint density at radius 3 is 1.00 bits per heavy atom. The van der Waals surface area contributed by atoms with Crippen molar-refractivity contribution in [1.29, 1.82) is 0 Å². The number of benzene rings is 11. The lowest BCUT2D eigenvalue weighted by Crippen LogP contribution is -1.94. The first-order chi connectivity index (χ1) is 36.2. The molecule has 4 nitrogen and oxygen atoms in total. The van der Waals surface area contributed by atoms with Gasteiger partial charge in [0.2, 0.25) is 0 Å². The molecule has 4 heteroatoms. The van der Waals surface area contributed by atoms with Crippen LogP contribution in [0.3, 0.4) is 0 Å². The highest BCUT2D eigenvalue weighted by atomic mass is 15.0. The smallest absolute Gasteiger partial charge is 0.0780 e. The van der Waals surface area contributed by atoms with E-state index >= 15 is 0 Å². The summed E-state index contributed by atoms with van der Waals surface area (Å²) in [4.78, 5) is 4.83. The number of fused-ring (bicyclic) bond motifs is 10. The summed E-state index contributed by atoms with van der Waals surface area (Å²) in [6.07, 6.45) is 1.91. The average molecular weight is 929 g/mol. The fourth-order valence-corrected chi connectivity index (χ4v) is 11.7. The van der Waals surface area contributed by atoms with Gasteiger partial charge in [-0.15, -0.1) is 0 Å².